The molecule has 1 saturated heterocycles. The number of para-hydroxylation sites is 1. The molecule has 2 aromatic carbocycles. The van der Waals surface area contributed by atoms with Crippen molar-refractivity contribution >= 4 is 40.6 Å². The van der Waals surface area contributed by atoms with Crippen LogP contribution >= 0.6 is 23.2 Å². The van der Waals surface area contributed by atoms with Crippen molar-refractivity contribution in [1.29, 1.82) is 5.26 Å². The van der Waals surface area contributed by atoms with Crippen LogP contribution < -0.4 is 14.2 Å². The standard InChI is InChI=1S/C28H34Cl2N4O3S/c1-5-16-36-25-18-24(30)23(29)17-22(25)26(33-38(35)28(3,4)6-2)20-12-14-34(15-13-20)27(32-19-31)37-21-10-8-7-9-11-21/h5,7-11,17-18,20,26,33H,1,6,12-16H2,2-4H3/b32-27+/t26-,38+/m1/s1. The Balaban J connectivity index is 1.88. The van der Waals surface area contributed by atoms with Crippen LogP contribution in [0.1, 0.15) is 51.6 Å². The first-order valence-electron chi connectivity index (χ1n) is 12.6. The summed E-state index contributed by atoms with van der Waals surface area (Å²) in [4.78, 5) is 5.89. The molecular weight excluding hydrogens is 543 g/mol. The molecule has 1 fully saturated rings. The third-order valence-electron chi connectivity index (χ3n) is 6.71. The van der Waals surface area contributed by atoms with E-state index in [1.807, 2.05) is 62.2 Å². The Morgan fingerprint density at radius 2 is 1.95 bits per heavy atom. The summed E-state index contributed by atoms with van der Waals surface area (Å²) in [6, 6.07) is 12.7. The fraction of sp³-hybridized carbons (Fsp3) is 0.429. The molecule has 7 nitrogen and oxygen atoms in total. The number of hydrogen-bond donors (Lipinski definition) is 1. The second kappa shape index (κ2) is 14.1. The molecule has 1 heterocycles. The van der Waals surface area contributed by atoms with E-state index in [-0.39, 0.29) is 18.0 Å². The van der Waals surface area contributed by atoms with Gasteiger partial charge in [0.25, 0.3) is 0 Å². The topological polar surface area (TPSA) is 92.9 Å². The molecule has 2 atom stereocenters. The van der Waals surface area contributed by atoms with Crippen molar-refractivity contribution in [1.82, 2.24) is 9.62 Å². The van der Waals surface area contributed by atoms with Crippen molar-refractivity contribution in [2.75, 3.05) is 19.7 Å². The molecule has 0 saturated carbocycles. The van der Waals surface area contributed by atoms with Gasteiger partial charge in [-0.1, -0.05) is 61.0 Å². The minimum Gasteiger partial charge on any atom is -0.598 e. The van der Waals surface area contributed by atoms with Gasteiger partial charge >= 0.3 is 6.02 Å². The maximum absolute atomic E-state index is 13.5. The van der Waals surface area contributed by atoms with Crippen molar-refractivity contribution in [2.45, 2.75) is 50.8 Å². The van der Waals surface area contributed by atoms with Gasteiger partial charge in [-0.25, -0.2) is 0 Å². The third-order valence-corrected chi connectivity index (χ3v) is 9.19. The number of ether oxygens (including phenoxy) is 2. The number of amidine groups is 1. The SMILES string of the molecule is C=CCOc1cc(Cl)c(Cl)cc1[C@H](N[S@@+]([O-])C(C)(C)CC)C1CCN(/C(=N\C#N)Oc2ccccc2)CC1. The lowest BCUT2D eigenvalue weighted by atomic mass is 9.85. The number of piperidine rings is 1. The Labute approximate surface area is 238 Å². The molecule has 2 aromatic rings. The van der Waals surface area contributed by atoms with Crippen LogP contribution in [-0.4, -0.2) is 39.9 Å². The summed E-state index contributed by atoms with van der Waals surface area (Å²) < 4.78 is 28.3. The predicted octanol–water partition coefficient (Wildman–Crippen LogP) is 6.67. The maximum Gasteiger partial charge on any atom is 0.308 e. The molecule has 0 unspecified atom stereocenters. The second-order valence-corrected chi connectivity index (χ2v) is 12.3. The second-order valence-electron chi connectivity index (χ2n) is 9.62. The van der Waals surface area contributed by atoms with Gasteiger partial charge in [-0.2, -0.15) is 5.26 Å². The summed E-state index contributed by atoms with van der Waals surface area (Å²) in [5, 5.41) is 10.0. The van der Waals surface area contributed by atoms with Crippen molar-refractivity contribution in [3.8, 4) is 17.7 Å². The third kappa shape index (κ3) is 7.81. The lowest BCUT2D eigenvalue weighted by molar-refractivity contribution is 0.207. The summed E-state index contributed by atoms with van der Waals surface area (Å²) in [5.41, 5.74) is 0.798. The largest absolute Gasteiger partial charge is 0.598 e. The lowest BCUT2D eigenvalue weighted by Crippen LogP contribution is -2.48. The number of nitrogens with one attached hydrogen (secondary N) is 1. The highest BCUT2D eigenvalue weighted by Crippen LogP contribution is 2.41. The van der Waals surface area contributed by atoms with E-state index in [0.717, 1.165) is 24.8 Å². The zero-order valence-electron chi connectivity index (χ0n) is 22.0. The van der Waals surface area contributed by atoms with Gasteiger partial charge in [0, 0.05) is 36.1 Å². The summed E-state index contributed by atoms with van der Waals surface area (Å²) in [6.07, 6.45) is 5.71. The molecule has 0 radical (unpaired) electrons. The average Bonchev–Trinajstić information content (AvgIpc) is 2.92. The van der Waals surface area contributed by atoms with E-state index in [9.17, 15) is 9.81 Å². The van der Waals surface area contributed by atoms with Gasteiger partial charge in [-0.15, -0.1) is 9.71 Å². The molecule has 0 aromatic heterocycles. The monoisotopic (exact) mass is 576 g/mol. The fourth-order valence-electron chi connectivity index (χ4n) is 4.10. The van der Waals surface area contributed by atoms with Crippen molar-refractivity contribution in [3.05, 3.63) is 70.7 Å². The molecule has 0 amide bonds. The normalized spacial score (nSPS) is 16.4. The summed E-state index contributed by atoms with van der Waals surface area (Å²) in [6.45, 7) is 11.2. The molecule has 0 bridgehead atoms. The highest BCUT2D eigenvalue weighted by Gasteiger charge is 2.38. The first-order valence-corrected chi connectivity index (χ1v) is 14.5. The zero-order valence-corrected chi connectivity index (χ0v) is 24.3. The van der Waals surface area contributed by atoms with Crippen molar-refractivity contribution < 1.29 is 14.0 Å². The number of halogens is 2. The van der Waals surface area contributed by atoms with E-state index in [4.69, 9.17) is 32.7 Å². The molecular formula is C28H34Cl2N4O3S. The first-order chi connectivity index (χ1) is 18.2. The van der Waals surface area contributed by atoms with Crippen LogP contribution in [0.3, 0.4) is 0 Å². The van der Waals surface area contributed by atoms with E-state index in [0.29, 0.717) is 41.2 Å². The molecule has 10 heteroatoms. The van der Waals surface area contributed by atoms with Crippen LogP contribution in [0.25, 0.3) is 0 Å². The van der Waals surface area contributed by atoms with E-state index < -0.39 is 16.1 Å². The Kier molecular flexibility index (Phi) is 11.2. The van der Waals surface area contributed by atoms with Crippen LogP contribution in [0.5, 0.6) is 11.5 Å². The Hall–Kier alpha value is -2.41. The molecule has 0 spiro atoms. The number of likely N-dealkylation sites (tertiary alicyclic amines) is 1. The lowest BCUT2D eigenvalue weighted by Gasteiger charge is -2.38. The van der Waals surface area contributed by atoms with Gasteiger partial charge in [-0.05, 0) is 57.2 Å². The molecule has 1 N–H and O–H groups in total. The molecule has 3 rings (SSSR count). The number of nitrogens with zero attached hydrogens (tertiary/aromatic N) is 3. The fourth-order valence-corrected chi connectivity index (χ4v) is 5.56. The van der Waals surface area contributed by atoms with E-state index in [1.165, 1.54) is 0 Å². The van der Waals surface area contributed by atoms with Gasteiger partial charge < -0.3 is 18.9 Å². The zero-order chi connectivity index (χ0) is 27.7. The summed E-state index contributed by atoms with van der Waals surface area (Å²) >= 11 is 11.4. The highest BCUT2D eigenvalue weighted by molar-refractivity contribution is 7.90. The highest BCUT2D eigenvalue weighted by atomic mass is 35.5. The quantitative estimate of drug-likeness (QED) is 0.112. The van der Waals surface area contributed by atoms with Gasteiger partial charge in [0.1, 0.15) is 22.9 Å². The summed E-state index contributed by atoms with van der Waals surface area (Å²) in [7, 11) is 0. The minimum atomic E-state index is -1.34. The van der Waals surface area contributed by atoms with Crippen molar-refractivity contribution in [3.63, 3.8) is 0 Å². The van der Waals surface area contributed by atoms with Crippen LogP contribution in [0.4, 0.5) is 0 Å². The smallest absolute Gasteiger partial charge is 0.308 e. The van der Waals surface area contributed by atoms with Crippen LogP contribution in [0.15, 0.2) is 60.1 Å². The number of rotatable bonds is 10. The number of nitriles is 1. The van der Waals surface area contributed by atoms with Gasteiger partial charge in [0.05, 0.1) is 16.1 Å². The number of hydrogen-bond acceptors (Lipinski definition) is 6. The summed E-state index contributed by atoms with van der Waals surface area (Å²) in [5.74, 6) is 1.27. The van der Waals surface area contributed by atoms with Gasteiger partial charge in [0.15, 0.2) is 0 Å². The first kappa shape index (κ1) is 30.1. The molecule has 1 aliphatic heterocycles. The Morgan fingerprint density at radius 1 is 1.29 bits per heavy atom. The number of benzene rings is 2. The van der Waals surface area contributed by atoms with E-state index in [2.05, 4.69) is 16.3 Å². The molecule has 0 aliphatic carbocycles. The minimum absolute atomic E-state index is 0.0891. The van der Waals surface area contributed by atoms with Crippen LogP contribution in [0.2, 0.25) is 10.0 Å². The van der Waals surface area contributed by atoms with E-state index in [1.54, 1.807) is 18.2 Å². The van der Waals surface area contributed by atoms with E-state index >= 15 is 0 Å². The predicted molar refractivity (Wildman–Crippen MR) is 155 cm³/mol. The molecule has 204 valence electrons. The molecule has 38 heavy (non-hydrogen) atoms. The van der Waals surface area contributed by atoms with Gasteiger partial charge in [-0.3, -0.25) is 0 Å². The Morgan fingerprint density at radius 3 is 2.55 bits per heavy atom. The average molecular weight is 578 g/mol. The molecule has 1 aliphatic rings. The van der Waals surface area contributed by atoms with Crippen molar-refractivity contribution in [2.24, 2.45) is 10.9 Å². The number of aliphatic imine (C=N–C) groups is 1. The van der Waals surface area contributed by atoms with Crippen LogP contribution in [-0.2, 0) is 11.4 Å². The van der Waals surface area contributed by atoms with Gasteiger partial charge in [0.2, 0.25) is 6.19 Å². The van der Waals surface area contributed by atoms with Crippen LogP contribution in [0, 0.1) is 17.4 Å². The maximum atomic E-state index is 13.5. The Bertz CT molecular complexity index is 1150.